The summed E-state index contributed by atoms with van der Waals surface area (Å²) in [6, 6.07) is 0. The Morgan fingerprint density at radius 2 is 1.22 bits per heavy atom. The van der Waals surface area contributed by atoms with Gasteiger partial charge in [0.25, 0.3) is 0 Å². The molecule has 1 N–H and O–H groups in total. The van der Waals surface area contributed by atoms with Crippen molar-refractivity contribution in [2.75, 3.05) is 6.61 Å². The maximum Gasteiger partial charge on any atom is 0.0471 e. The predicted molar refractivity (Wildman–Crippen MR) is 134 cm³/mol. The number of hydrogen-bond acceptors (Lipinski definition) is 1. The fourth-order valence-corrected chi connectivity index (χ4v) is 1.84. The van der Waals surface area contributed by atoms with Crippen molar-refractivity contribution in [1.82, 2.24) is 0 Å². The standard InChI is InChI=1S/C8H12O.C7H14.C3H8.4C2H6/c1-3-5-8(4-2)6-7-9;1-7-5-3-2-4-6-7;1-3-2;4*1-2/h3-5,9H,1-2,6-7H2;7H,2-6H2,1H3;3H2,1-2H3;4*1-2H3/b8-5+;;;;;;. The molecule has 0 aliphatic heterocycles. The monoisotopic (exact) mass is 386 g/mol. The maximum atomic E-state index is 8.47. The maximum absolute atomic E-state index is 8.47. The van der Waals surface area contributed by atoms with E-state index >= 15 is 0 Å². The zero-order valence-corrected chi connectivity index (χ0v) is 21.3. The summed E-state index contributed by atoms with van der Waals surface area (Å²) in [6.45, 7) is 29.9. The van der Waals surface area contributed by atoms with Crippen molar-refractivity contribution in [2.24, 2.45) is 5.92 Å². The second-order valence-electron chi connectivity index (χ2n) is 5.11. The van der Waals surface area contributed by atoms with Gasteiger partial charge < -0.3 is 5.11 Å². The highest BCUT2D eigenvalue weighted by atomic mass is 16.2. The molecule has 0 radical (unpaired) electrons. The molecule has 0 bridgehead atoms. The molecule has 0 unspecified atom stereocenters. The molecule has 1 saturated carbocycles. The zero-order chi connectivity index (χ0) is 22.9. The molecule has 0 spiro atoms. The highest BCUT2D eigenvalue weighted by molar-refractivity contribution is 5.20. The molecule has 27 heavy (non-hydrogen) atoms. The van der Waals surface area contributed by atoms with Gasteiger partial charge in [0.1, 0.15) is 0 Å². The second-order valence-corrected chi connectivity index (χ2v) is 5.11. The molecule has 1 fully saturated rings. The van der Waals surface area contributed by atoms with Crippen LogP contribution in [0.2, 0.25) is 0 Å². The van der Waals surface area contributed by atoms with Gasteiger partial charge >= 0.3 is 0 Å². The number of allylic oxidation sites excluding steroid dienone is 3. The van der Waals surface area contributed by atoms with Crippen molar-refractivity contribution < 1.29 is 5.11 Å². The van der Waals surface area contributed by atoms with Gasteiger partial charge in [-0.1, -0.05) is 146 Å². The molecule has 0 aromatic rings. The van der Waals surface area contributed by atoms with E-state index in [4.69, 9.17) is 5.11 Å². The molecule has 1 rings (SSSR count). The van der Waals surface area contributed by atoms with Crippen LogP contribution in [0.5, 0.6) is 0 Å². The molecule has 0 atom stereocenters. The van der Waals surface area contributed by atoms with Gasteiger partial charge in [0.15, 0.2) is 0 Å². The van der Waals surface area contributed by atoms with Gasteiger partial charge in [0.05, 0.1) is 0 Å². The number of rotatable bonds is 4. The van der Waals surface area contributed by atoms with Crippen LogP contribution in [-0.2, 0) is 0 Å². The van der Waals surface area contributed by atoms with Crippen LogP contribution in [-0.4, -0.2) is 11.7 Å². The first-order chi connectivity index (χ1) is 13.2. The molecule has 1 nitrogen and oxygen atoms in total. The summed E-state index contributed by atoms with van der Waals surface area (Å²) in [6.07, 6.45) is 14.6. The van der Waals surface area contributed by atoms with Crippen LogP contribution in [0.25, 0.3) is 0 Å². The molecule has 0 heterocycles. The third kappa shape index (κ3) is 58.7. The first-order valence-electron chi connectivity index (χ1n) is 11.7. The molecular formula is C26H58O. The van der Waals surface area contributed by atoms with E-state index in [1.165, 1.54) is 38.5 Å². The fraction of sp³-hybridized carbons (Fsp3) is 0.769. The minimum Gasteiger partial charge on any atom is -0.396 e. The first kappa shape index (κ1) is 40.8. The SMILES string of the molecule is C=C/C=C(\C=C)CCO.CC.CC.CC.CC.CC1CCCCC1.CCC. The van der Waals surface area contributed by atoms with Crippen molar-refractivity contribution in [1.29, 1.82) is 0 Å². The van der Waals surface area contributed by atoms with Gasteiger partial charge in [0.2, 0.25) is 0 Å². The molecular weight excluding hydrogens is 328 g/mol. The third-order valence-corrected chi connectivity index (χ3v) is 2.89. The van der Waals surface area contributed by atoms with Crippen molar-refractivity contribution in [3.05, 3.63) is 37.0 Å². The summed E-state index contributed by atoms with van der Waals surface area (Å²) >= 11 is 0. The zero-order valence-electron chi connectivity index (χ0n) is 21.3. The Kier molecular flexibility index (Phi) is 84.9. The number of hydrogen-bond donors (Lipinski definition) is 1. The molecule has 1 aliphatic rings. The smallest absolute Gasteiger partial charge is 0.0471 e. The minimum absolute atomic E-state index is 0.172. The average molecular weight is 387 g/mol. The summed E-state index contributed by atoms with van der Waals surface area (Å²) < 4.78 is 0. The van der Waals surface area contributed by atoms with Gasteiger partial charge in [-0.05, 0) is 17.9 Å². The quantitative estimate of drug-likeness (QED) is 0.476. The Hall–Kier alpha value is -0.820. The van der Waals surface area contributed by atoms with Crippen LogP contribution in [0.3, 0.4) is 0 Å². The lowest BCUT2D eigenvalue weighted by Gasteiger charge is -2.15. The predicted octanol–water partition coefficient (Wildman–Crippen LogP) is 9.77. The van der Waals surface area contributed by atoms with E-state index in [-0.39, 0.29) is 6.61 Å². The van der Waals surface area contributed by atoms with Gasteiger partial charge in [-0.25, -0.2) is 0 Å². The lowest BCUT2D eigenvalue weighted by atomic mass is 9.91. The van der Waals surface area contributed by atoms with Crippen LogP contribution in [0.4, 0.5) is 0 Å². The second kappa shape index (κ2) is 56.2. The van der Waals surface area contributed by atoms with Gasteiger partial charge in [-0.15, -0.1) is 0 Å². The summed E-state index contributed by atoms with van der Waals surface area (Å²) in [7, 11) is 0. The third-order valence-electron chi connectivity index (χ3n) is 2.89. The van der Waals surface area contributed by atoms with Crippen LogP contribution >= 0.6 is 0 Å². The lowest BCUT2D eigenvalue weighted by Crippen LogP contribution is -1.99. The molecule has 0 aromatic heterocycles. The molecule has 0 saturated heterocycles. The highest BCUT2D eigenvalue weighted by Crippen LogP contribution is 2.22. The Balaban J connectivity index is -0.0000000545. The largest absolute Gasteiger partial charge is 0.396 e. The molecule has 0 amide bonds. The number of aliphatic hydroxyl groups is 1. The molecule has 0 aromatic carbocycles. The van der Waals surface area contributed by atoms with E-state index in [2.05, 4.69) is 33.9 Å². The van der Waals surface area contributed by atoms with Gasteiger partial charge in [-0.3, -0.25) is 0 Å². The summed E-state index contributed by atoms with van der Waals surface area (Å²) in [5.74, 6) is 1.04. The summed E-state index contributed by atoms with van der Waals surface area (Å²) in [5, 5.41) is 8.47. The lowest BCUT2D eigenvalue weighted by molar-refractivity contribution is 0.300. The summed E-state index contributed by atoms with van der Waals surface area (Å²) in [5.41, 5.74) is 1.02. The fourth-order valence-electron chi connectivity index (χ4n) is 1.84. The Labute approximate surface area is 176 Å². The van der Waals surface area contributed by atoms with Gasteiger partial charge in [0, 0.05) is 6.61 Å². The summed E-state index contributed by atoms with van der Waals surface area (Å²) in [4.78, 5) is 0. The van der Waals surface area contributed by atoms with E-state index < -0.39 is 0 Å². The Morgan fingerprint density at radius 3 is 1.41 bits per heavy atom. The Morgan fingerprint density at radius 1 is 0.852 bits per heavy atom. The first-order valence-corrected chi connectivity index (χ1v) is 11.7. The topological polar surface area (TPSA) is 20.2 Å². The van der Waals surface area contributed by atoms with Crippen molar-refractivity contribution in [2.45, 2.75) is 121 Å². The van der Waals surface area contributed by atoms with Crippen molar-refractivity contribution in [3.63, 3.8) is 0 Å². The minimum atomic E-state index is 0.172. The molecule has 168 valence electrons. The normalized spacial score (nSPS) is 11.8. The number of aliphatic hydroxyl groups excluding tert-OH is 1. The van der Waals surface area contributed by atoms with E-state index in [0.717, 1.165) is 11.5 Å². The van der Waals surface area contributed by atoms with E-state index in [1.54, 1.807) is 12.2 Å². The van der Waals surface area contributed by atoms with Crippen molar-refractivity contribution >= 4 is 0 Å². The van der Waals surface area contributed by atoms with Crippen LogP contribution < -0.4 is 0 Å². The molecule has 1 aliphatic carbocycles. The van der Waals surface area contributed by atoms with E-state index in [9.17, 15) is 0 Å². The van der Waals surface area contributed by atoms with Crippen LogP contribution in [0, 0.1) is 5.92 Å². The highest BCUT2D eigenvalue weighted by Gasteiger charge is 2.05. The van der Waals surface area contributed by atoms with Crippen molar-refractivity contribution in [3.8, 4) is 0 Å². The Bertz CT molecular complexity index is 222. The van der Waals surface area contributed by atoms with Crippen LogP contribution in [0.15, 0.2) is 37.0 Å². The average Bonchev–Trinajstić information content (AvgIpc) is 2.75. The van der Waals surface area contributed by atoms with E-state index in [1.807, 2.05) is 61.5 Å². The molecule has 1 heteroatoms. The van der Waals surface area contributed by atoms with E-state index in [0.29, 0.717) is 6.42 Å². The van der Waals surface area contributed by atoms with Gasteiger partial charge in [-0.2, -0.15) is 0 Å². The van der Waals surface area contributed by atoms with Crippen LogP contribution in [0.1, 0.15) is 121 Å².